The Morgan fingerprint density at radius 3 is 2.64 bits per heavy atom. The molecule has 0 saturated heterocycles. The highest BCUT2D eigenvalue weighted by Crippen LogP contribution is 2.54. The van der Waals surface area contributed by atoms with Gasteiger partial charge in [0, 0.05) is 30.0 Å². The number of aryl methyl sites for hydroxylation is 1. The van der Waals surface area contributed by atoms with Gasteiger partial charge in [-0.1, -0.05) is 31.1 Å². The van der Waals surface area contributed by atoms with Crippen molar-refractivity contribution in [1.29, 1.82) is 5.26 Å². The molecule has 2 atom stereocenters. The van der Waals surface area contributed by atoms with Gasteiger partial charge in [-0.15, -0.1) is 0 Å². The number of unbranched alkanes of at least 4 members (excludes halogenated alkanes) is 4. The molecule has 3 aliphatic carbocycles. The Kier molecular flexibility index (Phi) is 7.48. The molecule has 1 saturated carbocycles. The van der Waals surface area contributed by atoms with E-state index in [0.717, 1.165) is 76.7 Å². The van der Waals surface area contributed by atoms with Crippen LogP contribution in [-0.4, -0.2) is 44.3 Å². The molecule has 1 aliphatic heterocycles. The first-order valence-electron chi connectivity index (χ1n) is 14.6. The lowest BCUT2D eigenvalue weighted by atomic mass is 9.76. The maximum Gasteiger partial charge on any atom is 0.309 e. The number of fused-ring (bicyclic) bond motifs is 6. The van der Waals surface area contributed by atoms with E-state index in [1.54, 1.807) is 7.11 Å². The minimum atomic E-state index is -3.71. The standard InChI is InChI=1S/C32H35N3O6S/c1-40-26-15-12-19(9-6-4-3-5-7-16-33)30-23(26)17-25-27-21(10-8-11-22(27)32(37)41-2)28-24(18-35(25)30)29(28)31(36)34-42(38,39)20-13-14-20/h8,10,12,15,17,20,22,27H,3-7,9,11,13-14,18H2,1-2H3,(H,34,36)/t22-,27?/m1/s1. The smallest absolute Gasteiger partial charge is 0.309 e. The van der Waals surface area contributed by atoms with Gasteiger partial charge < -0.3 is 14.0 Å². The van der Waals surface area contributed by atoms with Crippen LogP contribution in [0.3, 0.4) is 0 Å². The number of aromatic nitrogens is 1. The molecule has 220 valence electrons. The van der Waals surface area contributed by atoms with Gasteiger partial charge in [-0.2, -0.15) is 5.26 Å². The lowest BCUT2D eigenvalue weighted by Crippen LogP contribution is -2.33. The van der Waals surface area contributed by atoms with Crippen molar-refractivity contribution in [3.63, 3.8) is 0 Å². The molecule has 0 bridgehead atoms. The number of allylic oxidation sites excluding steroid dienone is 4. The van der Waals surface area contributed by atoms with E-state index in [0.29, 0.717) is 37.8 Å². The number of benzene rings is 1. The molecule has 9 nitrogen and oxygen atoms in total. The number of sulfonamides is 1. The van der Waals surface area contributed by atoms with Crippen molar-refractivity contribution in [3.05, 3.63) is 63.9 Å². The minimum absolute atomic E-state index is 0.324. The number of carbonyl (C=O) groups excluding carboxylic acids is 2. The number of methoxy groups -OCH3 is 2. The molecule has 0 spiro atoms. The minimum Gasteiger partial charge on any atom is -0.496 e. The second-order valence-electron chi connectivity index (χ2n) is 11.5. The first kappa shape index (κ1) is 28.3. The summed E-state index contributed by atoms with van der Waals surface area (Å²) in [7, 11) is -0.679. The van der Waals surface area contributed by atoms with E-state index in [4.69, 9.17) is 14.7 Å². The number of hydrogen-bond acceptors (Lipinski definition) is 7. The summed E-state index contributed by atoms with van der Waals surface area (Å²) in [5.41, 5.74) is 5.92. The SMILES string of the molecule is COC(=O)[C@@H]1CC=CC2=C3C(=C3C(=O)NS(=O)(=O)C3CC3)Cn3c(cc4c(OC)ccc(CCCCCCC#N)c43)C21. The summed E-state index contributed by atoms with van der Waals surface area (Å²) in [5, 5.41) is 9.27. The van der Waals surface area contributed by atoms with Gasteiger partial charge in [0.15, 0.2) is 0 Å². The number of amides is 1. The normalized spacial score (nSPS) is 20.8. The number of esters is 1. The Bertz CT molecular complexity index is 1720. The summed E-state index contributed by atoms with van der Waals surface area (Å²) >= 11 is 0. The van der Waals surface area contributed by atoms with Crippen molar-refractivity contribution in [2.24, 2.45) is 5.92 Å². The van der Waals surface area contributed by atoms with E-state index in [-0.39, 0.29) is 11.9 Å². The van der Waals surface area contributed by atoms with Crippen LogP contribution in [-0.2, 0) is 37.3 Å². The van der Waals surface area contributed by atoms with E-state index in [9.17, 15) is 18.0 Å². The molecule has 42 heavy (non-hydrogen) atoms. The van der Waals surface area contributed by atoms with Crippen molar-refractivity contribution in [2.45, 2.75) is 75.5 Å². The van der Waals surface area contributed by atoms with Crippen LogP contribution in [0, 0.1) is 17.2 Å². The highest BCUT2D eigenvalue weighted by atomic mass is 32.2. The average molecular weight is 590 g/mol. The van der Waals surface area contributed by atoms with Crippen LogP contribution in [0.5, 0.6) is 5.75 Å². The topological polar surface area (TPSA) is 127 Å². The van der Waals surface area contributed by atoms with E-state index < -0.39 is 27.1 Å². The molecule has 1 unspecified atom stereocenters. The highest BCUT2D eigenvalue weighted by molar-refractivity contribution is 7.91. The van der Waals surface area contributed by atoms with Crippen molar-refractivity contribution in [3.8, 4) is 11.8 Å². The molecule has 2 aromatic rings. The summed E-state index contributed by atoms with van der Waals surface area (Å²) in [6, 6.07) is 8.37. The summed E-state index contributed by atoms with van der Waals surface area (Å²) in [5.74, 6) is -1.04. The zero-order valence-corrected chi connectivity index (χ0v) is 24.8. The number of carbonyl (C=O) groups is 2. The van der Waals surface area contributed by atoms with Crippen molar-refractivity contribution < 1.29 is 27.5 Å². The Morgan fingerprint density at radius 1 is 1.14 bits per heavy atom. The van der Waals surface area contributed by atoms with Gasteiger partial charge in [-0.3, -0.25) is 9.59 Å². The first-order valence-corrected chi connectivity index (χ1v) is 16.2. The fraction of sp³-hybridized carbons (Fsp3) is 0.469. The number of nitriles is 1. The molecule has 1 aromatic heterocycles. The van der Waals surface area contributed by atoms with Gasteiger partial charge in [0.05, 0.1) is 42.5 Å². The third-order valence-electron chi connectivity index (χ3n) is 8.91. The maximum atomic E-state index is 13.4. The van der Waals surface area contributed by atoms with Crippen LogP contribution in [0.4, 0.5) is 0 Å². The lowest BCUT2D eigenvalue weighted by molar-refractivity contribution is -0.146. The summed E-state index contributed by atoms with van der Waals surface area (Å²) < 4.78 is 40.7. The van der Waals surface area contributed by atoms with E-state index in [2.05, 4.69) is 27.5 Å². The molecule has 6 rings (SSSR count). The Labute approximate surface area is 245 Å². The fourth-order valence-corrected chi connectivity index (χ4v) is 7.95. The predicted molar refractivity (Wildman–Crippen MR) is 157 cm³/mol. The molecule has 1 aromatic carbocycles. The molecular formula is C32H35N3O6S. The number of hydrogen-bond donors (Lipinski definition) is 1. The lowest BCUT2D eigenvalue weighted by Gasteiger charge is -2.29. The summed E-state index contributed by atoms with van der Waals surface area (Å²) in [6.45, 7) is 0.393. The number of nitrogens with zero attached hydrogens (tertiary/aromatic N) is 2. The first-order chi connectivity index (χ1) is 20.3. The molecule has 1 fully saturated rings. The van der Waals surface area contributed by atoms with Crippen LogP contribution in [0.25, 0.3) is 10.9 Å². The van der Waals surface area contributed by atoms with E-state index in [1.807, 2.05) is 18.2 Å². The van der Waals surface area contributed by atoms with E-state index >= 15 is 0 Å². The number of nitrogens with one attached hydrogen (secondary N) is 1. The zero-order chi connectivity index (χ0) is 29.6. The predicted octanol–water partition coefficient (Wildman–Crippen LogP) is 4.73. The average Bonchev–Trinajstić information content (AvgIpc) is 3.90. The summed E-state index contributed by atoms with van der Waals surface area (Å²) in [6.07, 6.45) is 10.8. The van der Waals surface area contributed by atoms with Gasteiger partial charge >= 0.3 is 5.97 Å². The van der Waals surface area contributed by atoms with Gasteiger partial charge in [0.2, 0.25) is 10.0 Å². The van der Waals surface area contributed by atoms with Crippen LogP contribution < -0.4 is 9.46 Å². The van der Waals surface area contributed by atoms with Crippen LogP contribution in [0.1, 0.15) is 68.5 Å². The number of ether oxygens (including phenoxy) is 2. The molecule has 2 heterocycles. The molecule has 4 aliphatic rings. The van der Waals surface area contributed by atoms with Gasteiger partial charge in [-0.05, 0) is 72.9 Å². The van der Waals surface area contributed by atoms with Gasteiger partial charge in [0.25, 0.3) is 5.91 Å². The third kappa shape index (κ3) is 4.94. The molecular weight excluding hydrogens is 554 g/mol. The Morgan fingerprint density at radius 2 is 1.93 bits per heavy atom. The summed E-state index contributed by atoms with van der Waals surface area (Å²) in [4.78, 5) is 26.5. The molecule has 10 heteroatoms. The molecule has 1 amide bonds. The van der Waals surface area contributed by atoms with Crippen molar-refractivity contribution in [1.82, 2.24) is 9.29 Å². The molecule has 0 radical (unpaired) electrons. The second kappa shape index (κ2) is 11.1. The second-order valence-corrected chi connectivity index (χ2v) is 13.5. The van der Waals surface area contributed by atoms with Gasteiger partial charge in [-0.25, -0.2) is 13.1 Å². The van der Waals surface area contributed by atoms with Crippen LogP contribution in [0.2, 0.25) is 0 Å². The van der Waals surface area contributed by atoms with E-state index in [1.165, 1.54) is 7.11 Å². The number of rotatable bonds is 11. The quantitative estimate of drug-likeness (QED) is 0.297. The van der Waals surface area contributed by atoms with Gasteiger partial charge in [0.1, 0.15) is 5.75 Å². The monoisotopic (exact) mass is 589 g/mol. The Balaban J connectivity index is 1.45. The van der Waals surface area contributed by atoms with Crippen molar-refractivity contribution >= 4 is 32.8 Å². The largest absolute Gasteiger partial charge is 0.496 e. The van der Waals surface area contributed by atoms with Crippen LogP contribution in [0.15, 0.2) is 52.6 Å². The zero-order valence-electron chi connectivity index (χ0n) is 23.9. The van der Waals surface area contributed by atoms with Crippen LogP contribution >= 0.6 is 0 Å². The maximum absolute atomic E-state index is 13.4. The fourth-order valence-electron chi connectivity index (χ4n) is 6.67. The highest BCUT2D eigenvalue weighted by Gasteiger charge is 2.48. The Hall–Kier alpha value is -3.84. The molecule has 1 N–H and O–H groups in total. The van der Waals surface area contributed by atoms with Crippen molar-refractivity contribution in [2.75, 3.05) is 14.2 Å². The third-order valence-corrected chi connectivity index (χ3v) is 10.7.